The molecule has 0 aliphatic rings. The number of carbonyl (C=O) groups excluding carboxylic acids is 1. The number of benzene rings is 1. The Bertz CT molecular complexity index is 873. The highest BCUT2D eigenvalue weighted by Crippen LogP contribution is 2.14. The van der Waals surface area contributed by atoms with Crippen LogP contribution in [0.4, 0.5) is 0 Å². The van der Waals surface area contributed by atoms with Crippen LogP contribution in [-0.4, -0.2) is 22.2 Å². The number of hydrogen-bond acceptors (Lipinski definition) is 4. The molecular formula is C19H19N3O2S. The molecule has 0 atom stereocenters. The maximum Gasteiger partial charge on any atom is 0.266 e. The molecule has 2 heterocycles. The summed E-state index contributed by atoms with van der Waals surface area (Å²) in [5.74, 6) is -0.0737. The molecule has 0 fully saturated rings. The maximum absolute atomic E-state index is 12.0. The van der Waals surface area contributed by atoms with Crippen molar-refractivity contribution in [2.45, 2.75) is 19.4 Å². The molecule has 0 aliphatic heterocycles. The second-order valence-electron chi connectivity index (χ2n) is 5.58. The van der Waals surface area contributed by atoms with Crippen molar-refractivity contribution >= 4 is 17.2 Å². The minimum Gasteiger partial charge on any atom is -0.356 e. The molecule has 1 N–H and O–H groups in total. The van der Waals surface area contributed by atoms with Gasteiger partial charge in [-0.3, -0.25) is 9.59 Å². The summed E-state index contributed by atoms with van der Waals surface area (Å²) < 4.78 is 1.35. The molecular weight excluding hydrogens is 334 g/mol. The van der Waals surface area contributed by atoms with Gasteiger partial charge in [0, 0.05) is 29.5 Å². The van der Waals surface area contributed by atoms with Crippen LogP contribution >= 0.6 is 11.3 Å². The fraction of sp³-hybridized carbons (Fsp3) is 0.211. The van der Waals surface area contributed by atoms with Gasteiger partial charge in [-0.2, -0.15) is 5.10 Å². The number of nitrogens with one attached hydrogen (secondary N) is 1. The average molecular weight is 353 g/mol. The number of rotatable bonds is 7. The molecule has 2 aromatic heterocycles. The molecule has 6 heteroatoms. The van der Waals surface area contributed by atoms with Crippen LogP contribution in [0.25, 0.3) is 11.3 Å². The normalized spacial score (nSPS) is 10.6. The topological polar surface area (TPSA) is 64.0 Å². The number of amides is 1. The Balaban J connectivity index is 1.55. The van der Waals surface area contributed by atoms with Crippen LogP contribution in [0.15, 0.2) is 64.8 Å². The Morgan fingerprint density at radius 1 is 1.08 bits per heavy atom. The SMILES string of the molecule is O=C(CCn1nc(-c2ccccc2)ccc1=O)NCCc1cccs1. The van der Waals surface area contributed by atoms with Crippen molar-refractivity contribution in [3.05, 3.63) is 75.2 Å². The third kappa shape index (κ3) is 4.87. The van der Waals surface area contributed by atoms with E-state index in [1.807, 2.05) is 41.8 Å². The lowest BCUT2D eigenvalue weighted by atomic mass is 10.1. The monoisotopic (exact) mass is 353 g/mol. The van der Waals surface area contributed by atoms with Gasteiger partial charge in [-0.15, -0.1) is 11.3 Å². The van der Waals surface area contributed by atoms with E-state index in [1.54, 1.807) is 17.4 Å². The van der Waals surface area contributed by atoms with Crippen LogP contribution in [0.2, 0.25) is 0 Å². The Kier molecular flexibility index (Phi) is 5.74. The highest BCUT2D eigenvalue weighted by atomic mass is 32.1. The molecule has 0 bridgehead atoms. The van der Waals surface area contributed by atoms with Gasteiger partial charge >= 0.3 is 0 Å². The summed E-state index contributed by atoms with van der Waals surface area (Å²) in [4.78, 5) is 25.2. The van der Waals surface area contributed by atoms with Crippen molar-refractivity contribution in [1.82, 2.24) is 15.1 Å². The van der Waals surface area contributed by atoms with E-state index >= 15 is 0 Å². The van der Waals surface area contributed by atoms with Gasteiger partial charge in [0.15, 0.2) is 0 Å². The third-order valence-corrected chi connectivity index (χ3v) is 4.70. The van der Waals surface area contributed by atoms with Crippen molar-refractivity contribution in [3.8, 4) is 11.3 Å². The molecule has 1 aromatic carbocycles. The van der Waals surface area contributed by atoms with Crippen molar-refractivity contribution in [2.24, 2.45) is 0 Å². The van der Waals surface area contributed by atoms with E-state index in [1.165, 1.54) is 15.6 Å². The van der Waals surface area contributed by atoms with Gasteiger partial charge in [-0.25, -0.2) is 4.68 Å². The number of nitrogens with zero attached hydrogens (tertiary/aromatic N) is 2. The Labute approximate surface area is 150 Å². The molecule has 5 nitrogen and oxygen atoms in total. The van der Waals surface area contributed by atoms with E-state index in [9.17, 15) is 9.59 Å². The first-order chi connectivity index (χ1) is 12.2. The Morgan fingerprint density at radius 2 is 1.92 bits per heavy atom. The second-order valence-corrected chi connectivity index (χ2v) is 6.61. The number of aromatic nitrogens is 2. The number of carbonyl (C=O) groups is 1. The van der Waals surface area contributed by atoms with Gasteiger partial charge in [0.05, 0.1) is 12.2 Å². The van der Waals surface area contributed by atoms with Crippen LogP contribution in [0.5, 0.6) is 0 Å². The lowest BCUT2D eigenvalue weighted by Gasteiger charge is -2.08. The quantitative estimate of drug-likeness (QED) is 0.710. The summed E-state index contributed by atoms with van der Waals surface area (Å²) in [6, 6.07) is 16.9. The molecule has 1 amide bonds. The maximum atomic E-state index is 12.0. The van der Waals surface area contributed by atoms with Gasteiger partial charge in [0.1, 0.15) is 0 Å². The highest BCUT2D eigenvalue weighted by molar-refractivity contribution is 7.09. The second kappa shape index (κ2) is 8.39. The first-order valence-electron chi connectivity index (χ1n) is 8.15. The Hall–Kier alpha value is -2.73. The van der Waals surface area contributed by atoms with Crippen LogP contribution in [0.3, 0.4) is 0 Å². The summed E-state index contributed by atoms with van der Waals surface area (Å²) in [5, 5.41) is 9.27. The predicted molar refractivity (Wildman–Crippen MR) is 99.6 cm³/mol. The lowest BCUT2D eigenvalue weighted by molar-refractivity contribution is -0.121. The smallest absolute Gasteiger partial charge is 0.266 e. The van der Waals surface area contributed by atoms with Crippen molar-refractivity contribution in [1.29, 1.82) is 0 Å². The summed E-state index contributed by atoms with van der Waals surface area (Å²) in [7, 11) is 0. The number of aryl methyl sites for hydroxylation is 1. The van der Waals surface area contributed by atoms with Crippen LogP contribution in [0.1, 0.15) is 11.3 Å². The first kappa shape index (κ1) is 17.1. The van der Waals surface area contributed by atoms with Gasteiger partial charge < -0.3 is 5.32 Å². The molecule has 0 spiro atoms. The van der Waals surface area contributed by atoms with Crippen LogP contribution in [0, 0.1) is 0 Å². The van der Waals surface area contributed by atoms with Gasteiger partial charge in [-0.1, -0.05) is 36.4 Å². The van der Waals surface area contributed by atoms with Crippen molar-refractivity contribution in [2.75, 3.05) is 6.54 Å². The van der Waals surface area contributed by atoms with E-state index < -0.39 is 0 Å². The third-order valence-electron chi connectivity index (χ3n) is 3.76. The molecule has 3 rings (SSSR count). The molecule has 0 saturated heterocycles. The number of thiophene rings is 1. The molecule has 0 saturated carbocycles. The highest BCUT2D eigenvalue weighted by Gasteiger charge is 2.06. The summed E-state index contributed by atoms with van der Waals surface area (Å²) in [6.45, 7) is 0.871. The minimum absolute atomic E-state index is 0.0737. The molecule has 3 aromatic rings. The zero-order chi connectivity index (χ0) is 17.5. The molecule has 128 valence electrons. The lowest BCUT2D eigenvalue weighted by Crippen LogP contribution is -2.29. The predicted octanol–water partition coefficient (Wildman–Crippen LogP) is 2.72. The summed E-state index contributed by atoms with van der Waals surface area (Å²) in [5.41, 5.74) is 1.46. The summed E-state index contributed by atoms with van der Waals surface area (Å²) in [6.07, 6.45) is 1.06. The van der Waals surface area contributed by atoms with Crippen molar-refractivity contribution < 1.29 is 4.79 Å². The van der Waals surface area contributed by atoms with E-state index in [4.69, 9.17) is 0 Å². The molecule has 0 aliphatic carbocycles. The summed E-state index contributed by atoms with van der Waals surface area (Å²) >= 11 is 1.68. The molecule has 0 radical (unpaired) electrons. The zero-order valence-corrected chi connectivity index (χ0v) is 14.5. The molecule has 25 heavy (non-hydrogen) atoms. The van der Waals surface area contributed by atoms with Crippen LogP contribution in [-0.2, 0) is 17.8 Å². The molecule has 0 unspecified atom stereocenters. The Morgan fingerprint density at radius 3 is 2.68 bits per heavy atom. The van der Waals surface area contributed by atoms with E-state index in [0.29, 0.717) is 6.54 Å². The zero-order valence-electron chi connectivity index (χ0n) is 13.7. The fourth-order valence-electron chi connectivity index (χ4n) is 2.45. The van der Waals surface area contributed by atoms with Crippen LogP contribution < -0.4 is 10.9 Å². The standard InChI is InChI=1S/C19H19N3O2S/c23-18(20-12-10-16-7-4-14-25-16)11-13-22-19(24)9-8-17(21-22)15-5-2-1-3-6-15/h1-9,14H,10-13H2,(H,20,23). The van der Waals surface area contributed by atoms with E-state index in [2.05, 4.69) is 16.5 Å². The van der Waals surface area contributed by atoms with Gasteiger partial charge in [-0.05, 0) is 23.9 Å². The average Bonchev–Trinajstić information content (AvgIpc) is 3.15. The van der Waals surface area contributed by atoms with Gasteiger partial charge in [0.2, 0.25) is 5.91 Å². The van der Waals surface area contributed by atoms with E-state index in [0.717, 1.165) is 17.7 Å². The van der Waals surface area contributed by atoms with Crippen molar-refractivity contribution in [3.63, 3.8) is 0 Å². The minimum atomic E-state index is -0.203. The number of hydrogen-bond donors (Lipinski definition) is 1. The fourth-order valence-corrected chi connectivity index (χ4v) is 3.16. The largest absolute Gasteiger partial charge is 0.356 e. The van der Waals surface area contributed by atoms with E-state index in [-0.39, 0.29) is 24.4 Å². The van der Waals surface area contributed by atoms with Gasteiger partial charge in [0.25, 0.3) is 5.56 Å². The first-order valence-corrected chi connectivity index (χ1v) is 9.03.